The van der Waals surface area contributed by atoms with Crippen LogP contribution in [0.5, 0.6) is 0 Å². The Bertz CT molecular complexity index is 1440. The van der Waals surface area contributed by atoms with E-state index >= 15 is 4.79 Å². The van der Waals surface area contributed by atoms with E-state index in [-0.39, 0.29) is 5.91 Å². The lowest BCUT2D eigenvalue weighted by molar-refractivity contribution is -0.123. The molecule has 2 amide bonds. The fourth-order valence-corrected chi connectivity index (χ4v) is 8.92. The van der Waals surface area contributed by atoms with Gasteiger partial charge in [0.15, 0.2) is 20.9 Å². The molecule has 3 rings (SSSR count). The number of unbranched alkanes of at least 4 members (excludes halogenated alkanes) is 16. The molecule has 3 heterocycles. The molecule has 2 atom stereocenters. The van der Waals surface area contributed by atoms with Crippen LogP contribution in [0, 0.1) is 11.8 Å². The zero-order valence-electron chi connectivity index (χ0n) is 35.2. The number of furan rings is 2. The lowest BCUT2D eigenvalue weighted by Gasteiger charge is -2.28. The fourth-order valence-electron chi connectivity index (χ4n) is 8.30. The number of carbonyl (C=O) groups excluding carboxylic acids is 2. The van der Waals surface area contributed by atoms with Gasteiger partial charge < -0.3 is 18.6 Å². The number of carbonyl (C=O) groups is 2. The van der Waals surface area contributed by atoms with Crippen LogP contribution in [0.3, 0.4) is 0 Å². The molecule has 1 aliphatic heterocycles. The van der Waals surface area contributed by atoms with E-state index in [1.54, 1.807) is 4.90 Å². The highest BCUT2D eigenvalue weighted by Crippen LogP contribution is 2.43. The van der Waals surface area contributed by atoms with Gasteiger partial charge in [0.1, 0.15) is 0 Å². The Morgan fingerprint density at radius 3 is 1.56 bits per heavy atom. The van der Waals surface area contributed by atoms with Gasteiger partial charge in [-0.3, -0.25) is 9.59 Å². The third-order valence-corrected chi connectivity index (χ3v) is 12.3. The monoisotopic (exact) mass is 888 g/mol. The lowest BCUT2D eigenvalue weighted by Crippen LogP contribution is -2.33. The van der Waals surface area contributed by atoms with Gasteiger partial charge in [-0.2, -0.15) is 0 Å². The summed E-state index contributed by atoms with van der Waals surface area (Å²) in [6, 6.07) is 7.58. The first kappa shape index (κ1) is 47.3. The number of nitrogens with zero attached hydrogens (tertiary/aromatic N) is 2. The van der Waals surface area contributed by atoms with Crippen LogP contribution in [0.2, 0.25) is 0 Å². The zero-order chi connectivity index (χ0) is 39.8. The van der Waals surface area contributed by atoms with Crippen LogP contribution in [0.4, 0.5) is 0 Å². The molecule has 2 aromatic heterocycles. The van der Waals surface area contributed by atoms with Crippen molar-refractivity contribution in [3.05, 3.63) is 56.3 Å². The van der Waals surface area contributed by atoms with Gasteiger partial charge >= 0.3 is 0 Å². The number of amides is 2. The molecular weight excluding hydrogens is 816 g/mol. The van der Waals surface area contributed by atoms with Gasteiger partial charge in [-0.05, 0) is 106 Å². The summed E-state index contributed by atoms with van der Waals surface area (Å²) in [4.78, 5) is 32.2. The summed E-state index contributed by atoms with van der Waals surface area (Å²) in [6.45, 7) is 12.2. The summed E-state index contributed by atoms with van der Waals surface area (Å²) in [5.41, 5.74) is 2.71. The Hall–Kier alpha value is -2.06. The van der Waals surface area contributed by atoms with Crippen molar-refractivity contribution < 1.29 is 18.4 Å². The third kappa shape index (κ3) is 16.0. The summed E-state index contributed by atoms with van der Waals surface area (Å²) in [5.74, 6) is 1.82. The molecule has 0 aliphatic carbocycles. The normalized spacial score (nSPS) is 15.3. The van der Waals surface area contributed by atoms with Crippen LogP contribution in [-0.2, 0) is 9.59 Å². The van der Waals surface area contributed by atoms with Crippen LogP contribution in [-0.4, -0.2) is 35.2 Å². The van der Waals surface area contributed by atoms with E-state index in [9.17, 15) is 4.79 Å². The maximum atomic E-state index is 15.1. The number of hydrogen-bond acceptors (Lipinski definition) is 4. The molecule has 0 aromatic carbocycles. The molecule has 310 valence electrons. The van der Waals surface area contributed by atoms with Crippen LogP contribution in [0.15, 0.2) is 53.6 Å². The first-order chi connectivity index (χ1) is 26.8. The van der Waals surface area contributed by atoms with Crippen molar-refractivity contribution in [3.63, 3.8) is 0 Å². The number of halogens is 2. The quantitative estimate of drug-likeness (QED) is 0.0417. The minimum atomic E-state index is -0.0775. The van der Waals surface area contributed by atoms with Crippen molar-refractivity contribution in [1.82, 2.24) is 9.80 Å². The van der Waals surface area contributed by atoms with Gasteiger partial charge in [0.25, 0.3) is 5.91 Å². The second-order valence-electron chi connectivity index (χ2n) is 16.1. The molecule has 0 bridgehead atoms. The van der Waals surface area contributed by atoms with Crippen LogP contribution < -0.4 is 0 Å². The average Bonchev–Trinajstić information content (AvgIpc) is 3.87. The van der Waals surface area contributed by atoms with E-state index < -0.39 is 0 Å². The van der Waals surface area contributed by atoms with Crippen molar-refractivity contribution in [1.29, 1.82) is 0 Å². The maximum Gasteiger partial charge on any atom is 0.261 e. The van der Waals surface area contributed by atoms with Gasteiger partial charge in [-0.25, -0.2) is 0 Å². The van der Waals surface area contributed by atoms with E-state index in [1.807, 2.05) is 36.1 Å². The summed E-state index contributed by atoms with van der Waals surface area (Å²) >= 11 is 7.05. The van der Waals surface area contributed by atoms with E-state index in [2.05, 4.69) is 59.6 Å². The molecule has 0 saturated carbocycles. The van der Waals surface area contributed by atoms with Crippen LogP contribution >= 0.6 is 31.9 Å². The van der Waals surface area contributed by atoms with Crippen molar-refractivity contribution >= 4 is 55.6 Å². The van der Waals surface area contributed by atoms with Crippen molar-refractivity contribution in [2.75, 3.05) is 13.1 Å². The Kier molecular flexibility index (Phi) is 23.7. The van der Waals surface area contributed by atoms with Crippen molar-refractivity contribution in [2.24, 2.45) is 11.8 Å². The summed E-state index contributed by atoms with van der Waals surface area (Å²) in [7, 11) is 0. The summed E-state index contributed by atoms with van der Waals surface area (Å²) in [6.07, 6.45) is 29.9. The van der Waals surface area contributed by atoms with Crippen molar-refractivity contribution in [2.45, 2.75) is 189 Å². The molecule has 0 spiro atoms. The molecule has 0 N–H and O–H groups in total. The van der Waals surface area contributed by atoms with Gasteiger partial charge in [-0.1, -0.05) is 156 Å². The highest BCUT2D eigenvalue weighted by Gasteiger charge is 2.40. The van der Waals surface area contributed by atoms with E-state index in [1.165, 1.54) is 116 Å². The number of rotatable bonds is 32. The highest BCUT2D eigenvalue weighted by molar-refractivity contribution is 9.10. The number of hydrogen-bond donors (Lipinski definition) is 0. The zero-order valence-corrected chi connectivity index (χ0v) is 38.4. The predicted molar refractivity (Wildman–Crippen MR) is 237 cm³/mol. The smallest absolute Gasteiger partial charge is 0.261 e. The highest BCUT2D eigenvalue weighted by atomic mass is 79.9. The largest absolute Gasteiger partial charge is 0.448 e. The molecule has 0 radical (unpaired) electrons. The minimum absolute atomic E-state index is 0.0775. The molecule has 2 unspecified atom stereocenters. The maximum absolute atomic E-state index is 15.1. The molecule has 8 heteroatoms. The first-order valence-electron chi connectivity index (χ1n) is 22.3. The van der Waals surface area contributed by atoms with E-state index in [0.29, 0.717) is 57.1 Å². The van der Waals surface area contributed by atoms with E-state index in [0.717, 1.165) is 56.2 Å². The topological polar surface area (TPSA) is 66.9 Å². The second-order valence-corrected chi connectivity index (χ2v) is 17.7. The summed E-state index contributed by atoms with van der Waals surface area (Å²) < 4.78 is 13.6. The Balaban J connectivity index is 2.04. The van der Waals surface area contributed by atoms with Gasteiger partial charge in [-0.15, -0.1) is 0 Å². The SMILES string of the molecule is CCCCCCCCC(CCCCCC)CN1C(=O)/C(=C(\c2ccc(Br)o2)N(C=O)CC(CCCCCC)CCCCCCCC)C(C)=C1c1ccc(Br)o1. The van der Waals surface area contributed by atoms with Crippen molar-refractivity contribution in [3.8, 4) is 0 Å². The van der Waals surface area contributed by atoms with Gasteiger partial charge in [0.2, 0.25) is 6.41 Å². The Labute approximate surface area is 352 Å². The van der Waals surface area contributed by atoms with E-state index in [4.69, 9.17) is 8.83 Å². The second kappa shape index (κ2) is 27.6. The Morgan fingerprint density at radius 2 is 1.11 bits per heavy atom. The van der Waals surface area contributed by atoms with Crippen LogP contribution in [0.25, 0.3) is 11.4 Å². The summed E-state index contributed by atoms with van der Waals surface area (Å²) in [5, 5.41) is 0. The fraction of sp³-hybridized carbons (Fsp3) is 0.702. The molecule has 0 fully saturated rings. The first-order valence-corrected chi connectivity index (χ1v) is 23.9. The average molecular weight is 891 g/mol. The third-order valence-electron chi connectivity index (χ3n) is 11.5. The van der Waals surface area contributed by atoms with Crippen LogP contribution in [0.1, 0.15) is 200 Å². The lowest BCUT2D eigenvalue weighted by atomic mass is 9.93. The minimum Gasteiger partial charge on any atom is -0.448 e. The molecule has 0 saturated heterocycles. The molecule has 6 nitrogen and oxygen atoms in total. The Morgan fingerprint density at radius 1 is 0.655 bits per heavy atom. The molecule has 1 aliphatic rings. The molecule has 55 heavy (non-hydrogen) atoms. The predicted octanol–water partition coefficient (Wildman–Crippen LogP) is 15.5. The molecular formula is C47H74Br2N2O4. The van der Waals surface area contributed by atoms with Gasteiger partial charge in [0.05, 0.1) is 17.0 Å². The standard InChI is InChI=1S/C47H74Br2N2O4/c1-6-10-14-18-20-24-27-38(26-22-16-12-8-3)34-50(36-52)46(41-31-33-43(49)55-41)44-37(5)45(40-30-32-42(48)54-40)51(47(44)53)35-39(28-23-17-13-9-4)29-25-21-19-15-11-7-2/h30-33,36,38-39H,6-29,34-35H2,1-5H3/b46-44+. The molecule has 2 aromatic rings. The van der Waals surface area contributed by atoms with Gasteiger partial charge in [0, 0.05) is 13.1 Å².